The van der Waals surface area contributed by atoms with Gasteiger partial charge in [0.2, 0.25) is 0 Å². The number of hydrogen-bond acceptors (Lipinski definition) is 2. The second-order valence-corrected chi connectivity index (χ2v) is 4.26. The number of carboxylic acids is 1. The summed E-state index contributed by atoms with van der Waals surface area (Å²) < 4.78 is 26.8. The highest BCUT2D eigenvalue weighted by Crippen LogP contribution is 2.21. The molecule has 17 heavy (non-hydrogen) atoms. The van der Waals surface area contributed by atoms with Crippen molar-refractivity contribution in [1.29, 1.82) is 0 Å². The highest BCUT2D eigenvalue weighted by molar-refractivity contribution is 5.70. The summed E-state index contributed by atoms with van der Waals surface area (Å²) in [5.74, 6) is -2.43. The first-order chi connectivity index (χ1) is 8.08. The van der Waals surface area contributed by atoms with E-state index in [-0.39, 0.29) is 12.1 Å². The number of nitrogens with zero attached hydrogens (tertiary/aromatic N) is 1. The normalized spacial score (nSPS) is 20.7. The Morgan fingerprint density at radius 2 is 2.06 bits per heavy atom. The molecule has 3 nitrogen and oxygen atoms in total. The lowest BCUT2D eigenvalue weighted by molar-refractivity contribution is -0.141. The predicted octanol–water partition coefficient (Wildman–Crippen LogP) is 1.87. The Labute approximate surface area is 97.7 Å². The third-order valence-corrected chi connectivity index (χ3v) is 3.07. The van der Waals surface area contributed by atoms with Gasteiger partial charge in [0.1, 0.15) is 11.6 Å². The number of aliphatic carboxylic acids is 1. The lowest BCUT2D eigenvalue weighted by Crippen LogP contribution is -2.23. The first-order valence-corrected chi connectivity index (χ1v) is 5.46. The highest BCUT2D eigenvalue weighted by Gasteiger charge is 2.28. The molecule has 1 N–H and O–H groups in total. The van der Waals surface area contributed by atoms with Gasteiger partial charge in [0.05, 0.1) is 5.92 Å². The van der Waals surface area contributed by atoms with Crippen molar-refractivity contribution in [2.75, 3.05) is 13.1 Å². The fraction of sp³-hybridized carbons (Fsp3) is 0.417. The average Bonchev–Trinajstić information content (AvgIpc) is 2.72. The summed E-state index contributed by atoms with van der Waals surface area (Å²) in [6, 6.07) is 3.74. The van der Waals surface area contributed by atoms with Crippen molar-refractivity contribution in [1.82, 2.24) is 4.90 Å². The molecule has 0 aromatic heterocycles. The van der Waals surface area contributed by atoms with Crippen LogP contribution in [0.2, 0.25) is 0 Å². The zero-order valence-corrected chi connectivity index (χ0v) is 9.20. The van der Waals surface area contributed by atoms with Crippen LogP contribution in [-0.4, -0.2) is 29.1 Å². The zero-order chi connectivity index (χ0) is 12.4. The lowest BCUT2D eigenvalue weighted by atomic mass is 10.1. The van der Waals surface area contributed by atoms with E-state index in [0.29, 0.717) is 19.5 Å². The number of likely N-dealkylation sites (tertiary alicyclic amines) is 1. The molecule has 0 saturated carbocycles. The Kier molecular flexibility index (Phi) is 3.38. The van der Waals surface area contributed by atoms with E-state index in [9.17, 15) is 13.6 Å². The molecule has 0 unspecified atom stereocenters. The largest absolute Gasteiger partial charge is 0.481 e. The first kappa shape index (κ1) is 12.0. The third kappa shape index (κ3) is 2.61. The Balaban J connectivity index is 2.05. The molecule has 2 rings (SSSR count). The summed E-state index contributed by atoms with van der Waals surface area (Å²) in [7, 11) is 0. The van der Waals surface area contributed by atoms with E-state index >= 15 is 0 Å². The summed E-state index contributed by atoms with van der Waals surface area (Å²) in [6.07, 6.45) is 0.533. The Morgan fingerprint density at radius 3 is 2.59 bits per heavy atom. The predicted molar refractivity (Wildman–Crippen MR) is 57.4 cm³/mol. The van der Waals surface area contributed by atoms with Crippen LogP contribution in [-0.2, 0) is 11.3 Å². The fourth-order valence-corrected chi connectivity index (χ4v) is 2.08. The van der Waals surface area contributed by atoms with Gasteiger partial charge in [-0.15, -0.1) is 0 Å². The molecule has 0 bridgehead atoms. The molecule has 1 aliphatic heterocycles. The summed E-state index contributed by atoms with van der Waals surface area (Å²) >= 11 is 0. The summed E-state index contributed by atoms with van der Waals surface area (Å²) in [6.45, 7) is 1.04. The minimum Gasteiger partial charge on any atom is -0.481 e. The van der Waals surface area contributed by atoms with Crippen LogP contribution in [0.1, 0.15) is 12.0 Å². The highest BCUT2D eigenvalue weighted by atomic mass is 19.1. The van der Waals surface area contributed by atoms with E-state index in [4.69, 9.17) is 5.11 Å². The van der Waals surface area contributed by atoms with E-state index in [1.807, 2.05) is 0 Å². The molecular weight excluding hydrogens is 228 g/mol. The Bertz CT molecular complexity index is 416. The second kappa shape index (κ2) is 4.79. The van der Waals surface area contributed by atoms with Gasteiger partial charge < -0.3 is 5.11 Å². The number of rotatable bonds is 3. The summed E-state index contributed by atoms with van der Waals surface area (Å²) in [5.41, 5.74) is 0.0125. The molecule has 0 amide bonds. The van der Waals surface area contributed by atoms with Gasteiger partial charge >= 0.3 is 5.97 Å². The Hall–Kier alpha value is -1.49. The van der Waals surface area contributed by atoms with Crippen LogP contribution in [0.25, 0.3) is 0 Å². The van der Waals surface area contributed by atoms with E-state index in [1.165, 1.54) is 18.2 Å². The summed E-state index contributed by atoms with van der Waals surface area (Å²) in [5, 5.41) is 8.83. The smallest absolute Gasteiger partial charge is 0.307 e. The van der Waals surface area contributed by atoms with Crippen LogP contribution in [0.15, 0.2) is 18.2 Å². The maximum Gasteiger partial charge on any atom is 0.307 e. The summed E-state index contributed by atoms with van der Waals surface area (Å²) in [4.78, 5) is 12.5. The van der Waals surface area contributed by atoms with E-state index in [2.05, 4.69) is 0 Å². The van der Waals surface area contributed by atoms with Crippen LogP contribution in [0, 0.1) is 17.6 Å². The van der Waals surface area contributed by atoms with E-state index in [0.717, 1.165) is 0 Å². The number of halogens is 2. The quantitative estimate of drug-likeness (QED) is 0.878. The van der Waals surface area contributed by atoms with Gasteiger partial charge in [-0.05, 0) is 25.1 Å². The van der Waals surface area contributed by atoms with Crippen LogP contribution < -0.4 is 0 Å². The van der Waals surface area contributed by atoms with Gasteiger partial charge in [-0.2, -0.15) is 0 Å². The lowest BCUT2D eigenvalue weighted by Gasteiger charge is -2.16. The second-order valence-electron chi connectivity index (χ2n) is 4.26. The maximum atomic E-state index is 13.4. The van der Waals surface area contributed by atoms with Crippen molar-refractivity contribution in [2.45, 2.75) is 13.0 Å². The fourth-order valence-electron chi connectivity index (χ4n) is 2.08. The van der Waals surface area contributed by atoms with Crippen LogP contribution >= 0.6 is 0 Å². The Morgan fingerprint density at radius 1 is 1.41 bits per heavy atom. The molecular formula is C12H13F2NO2. The van der Waals surface area contributed by atoms with Crippen molar-refractivity contribution < 1.29 is 18.7 Å². The molecule has 1 fully saturated rings. The van der Waals surface area contributed by atoms with Crippen molar-refractivity contribution in [2.24, 2.45) is 5.92 Å². The van der Waals surface area contributed by atoms with Crippen molar-refractivity contribution in [3.8, 4) is 0 Å². The molecule has 1 atom stereocenters. The topological polar surface area (TPSA) is 40.5 Å². The number of carbonyl (C=O) groups is 1. The molecule has 1 saturated heterocycles. The van der Waals surface area contributed by atoms with Gasteiger partial charge in [-0.25, -0.2) is 8.78 Å². The first-order valence-electron chi connectivity index (χ1n) is 5.46. The van der Waals surface area contributed by atoms with E-state index in [1.54, 1.807) is 4.90 Å². The number of carboxylic acid groups (broad SMARTS) is 1. The van der Waals surface area contributed by atoms with Crippen LogP contribution in [0.5, 0.6) is 0 Å². The van der Waals surface area contributed by atoms with Crippen molar-refractivity contribution in [3.05, 3.63) is 35.4 Å². The molecule has 1 aliphatic rings. The van der Waals surface area contributed by atoms with Gasteiger partial charge in [0, 0.05) is 18.7 Å². The van der Waals surface area contributed by atoms with Gasteiger partial charge in [0.25, 0.3) is 0 Å². The van der Waals surface area contributed by atoms with Gasteiger partial charge in [0.15, 0.2) is 0 Å². The molecule has 1 aromatic carbocycles. The molecule has 5 heteroatoms. The standard InChI is InChI=1S/C12H13F2NO2/c13-10-2-1-3-11(14)9(10)7-15-5-4-8(6-15)12(16)17/h1-3,8H,4-7H2,(H,16,17)/t8-/m1/s1. The zero-order valence-electron chi connectivity index (χ0n) is 9.20. The molecule has 1 heterocycles. The average molecular weight is 241 g/mol. The number of hydrogen-bond donors (Lipinski definition) is 1. The molecule has 0 radical (unpaired) electrons. The van der Waals surface area contributed by atoms with Crippen LogP contribution in [0.4, 0.5) is 8.78 Å². The molecule has 1 aromatic rings. The van der Waals surface area contributed by atoms with Crippen molar-refractivity contribution in [3.63, 3.8) is 0 Å². The van der Waals surface area contributed by atoms with Gasteiger partial charge in [-0.3, -0.25) is 9.69 Å². The minimum absolute atomic E-state index is 0.0125. The van der Waals surface area contributed by atoms with E-state index < -0.39 is 23.5 Å². The minimum atomic E-state index is -0.846. The number of benzene rings is 1. The third-order valence-electron chi connectivity index (χ3n) is 3.07. The molecule has 0 aliphatic carbocycles. The monoisotopic (exact) mass is 241 g/mol. The molecule has 0 spiro atoms. The maximum absolute atomic E-state index is 13.4. The van der Waals surface area contributed by atoms with Gasteiger partial charge in [-0.1, -0.05) is 6.07 Å². The molecule has 92 valence electrons. The van der Waals surface area contributed by atoms with Crippen molar-refractivity contribution >= 4 is 5.97 Å². The van der Waals surface area contributed by atoms with Crippen LogP contribution in [0.3, 0.4) is 0 Å². The SMILES string of the molecule is O=C(O)[C@@H]1CCN(Cc2c(F)cccc2F)C1.